The number of nitrogens with zero attached hydrogens (tertiary/aromatic N) is 2. The van der Waals surface area contributed by atoms with Gasteiger partial charge in [0.1, 0.15) is 5.76 Å². The van der Waals surface area contributed by atoms with Gasteiger partial charge < -0.3 is 14.7 Å². The molecular formula is C16H25N3O2. The molecule has 5 heteroatoms. The summed E-state index contributed by atoms with van der Waals surface area (Å²) >= 11 is 0. The maximum atomic E-state index is 12.4. The molecular weight excluding hydrogens is 266 g/mol. The molecule has 21 heavy (non-hydrogen) atoms. The van der Waals surface area contributed by atoms with Gasteiger partial charge in [0, 0.05) is 31.1 Å². The van der Waals surface area contributed by atoms with Gasteiger partial charge in [0.15, 0.2) is 5.69 Å². The molecule has 2 atom stereocenters. The highest BCUT2D eigenvalue weighted by Gasteiger charge is 2.39. The number of aromatic nitrogens is 1. The fourth-order valence-electron chi connectivity index (χ4n) is 3.22. The van der Waals surface area contributed by atoms with E-state index in [9.17, 15) is 4.79 Å². The summed E-state index contributed by atoms with van der Waals surface area (Å²) in [5, 5.41) is 7.08. The summed E-state index contributed by atoms with van der Waals surface area (Å²) in [7, 11) is 2.10. The van der Waals surface area contributed by atoms with Crippen LogP contribution in [-0.4, -0.2) is 42.1 Å². The molecule has 0 aromatic carbocycles. The Balaban J connectivity index is 1.67. The van der Waals surface area contributed by atoms with Gasteiger partial charge in [-0.05, 0) is 31.2 Å². The Morgan fingerprint density at radius 3 is 2.71 bits per heavy atom. The van der Waals surface area contributed by atoms with E-state index in [2.05, 4.69) is 43.2 Å². The quantitative estimate of drug-likeness (QED) is 0.928. The van der Waals surface area contributed by atoms with Crippen molar-refractivity contribution in [3.8, 4) is 0 Å². The van der Waals surface area contributed by atoms with E-state index in [1.54, 1.807) is 6.07 Å². The van der Waals surface area contributed by atoms with Crippen molar-refractivity contribution in [2.24, 2.45) is 11.3 Å². The molecule has 0 bridgehead atoms. The molecule has 3 rings (SSSR count). The third-order valence-corrected chi connectivity index (χ3v) is 4.67. The van der Waals surface area contributed by atoms with Gasteiger partial charge in [-0.2, -0.15) is 0 Å². The molecule has 1 amide bonds. The molecule has 2 aliphatic rings. The molecule has 1 aromatic heterocycles. The summed E-state index contributed by atoms with van der Waals surface area (Å²) in [6.07, 6.45) is 2.30. The van der Waals surface area contributed by atoms with Crippen LogP contribution in [-0.2, 0) is 0 Å². The number of likely N-dealkylation sites (N-methyl/N-ethyl adjacent to an activating group) is 1. The van der Waals surface area contributed by atoms with E-state index in [0.717, 1.165) is 31.7 Å². The van der Waals surface area contributed by atoms with Gasteiger partial charge in [0.25, 0.3) is 5.91 Å². The summed E-state index contributed by atoms with van der Waals surface area (Å²) in [5.41, 5.74) is 0.588. The van der Waals surface area contributed by atoms with E-state index >= 15 is 0 Å². The minimum atomic E-state index is -0.111. The van der Waals surface area contributed by atoms with Crippen molar-refractivity contribution in [1.29, 1.82) is 0 Å². The number of carbonyl (C=O) groups is 1. The van der Waals surface area contributed by atoms with E-state index in [4.69, 9.17) is 4.52 Å². The molecule has 1 aliphatic heterocycles. The highest BCUT2D eigenvalue weighted by molar-refractivity contribution is 5.92. The molecule has 1 unspecified atom stereocenters. The van der Waals surface area contributed by atoms with Crippen LogP contribution in [0.5, 0.6) is 0 Å². The van der Waals surface area contributed by atoms with Gasteiger partial charge in [0.05, 0.1) is 0 Å². The zero-order chi connectivity index (χ0) is 15.2. The average Bonchev–Trinajstić information content (AvgIpc) is 2.98. The zero-order valence-corrected chi connectivity index (χ0v) is 13.3. The summed E-state index contributed by atoms with van der Waals surface area (Å²) in [6.45, 7) is 8.60. The second-order valence-electron chi connectivity index (χ2n) is 7.66. The Labute approximate surface area is 126 Å². The van der Waals surface area contributed by atoms with Crippen LogP contribution in [0.2, 0.25) is 0 Å². The van der Waals surface area contributed by atoms with Crippen LogP contribution in [0.1, 0.15) is 55.8 Å². The fourth-order valence-corrected chi connectivity index (χ4v) is 3.22. The standard InChI is InChI=1S/C16H25N3O2/c1-16(2,3)11-8-19(4)9-13(11)17-15(20)12-7-14(21-18-12)10-5-6-10/h7,10-11,13H,5-6,8-9H2,1-4H3,(H,17,20)/t11-,13?/m1/s1. The first-order valence-electron chi connectivity index (χ1n) is 7.80. The minimum absolute atomic E-state index is 0.111. The van der Waals surface area contributed by atoms with E-state index in [1.165, 1.54) is 0 Å². The molecule has 116 valence electrons. The summed E-state index contributed by atoms with van der Waals surface area (Å²) in [6, 6.07) is 1.97. The summed E-state index contributed by atoms with van der Waals surface area (Å²) in [5.74, 6) is 1.68. The number of likely N-dealkylation sites (tertiary alicyclic amines) is 1. The maximum absolute atomic E-state index is 12.4. The molecule has 1 saturated heterocycles. The SMILES string of the molecule is CN1CC(NC(=O)c2cc(C3CC3)on2)[C@H](C(C)(C)C)C1. The monoisotopic (exact) mass is 291 g/mol. The Morgan fingerprint density at radius 2 is 2.10 bits per heavy atom. The van der Waals surface area contributed by atoms with Gasteiger partial charge >= 0.3 is 0 Å². The van der Waals surface area contributed by atoms with Gasteiger partial charge in [-0.3, -0.25) is 4.79 Å². The topological polar surface area (TPSA) is 58.4 Å². The van der Waals surface area contributed by atoms with Crippen LogP contribution in [0.4, 0.5) is 0 Å². The van der Waals surface area contributed by atoms with Crippen molar-refractivity contribution in [3.05, 3.63) is 17.5 Å². The van der Waals surface area contributed by atoms with E-state index in [0.29, 0.717) is 17.5 Å². The predicted molar refractivity (Wildman–Crippen MR) is 80.2 cm³/mol. The molecule has 1 aromatic rings. The zero-order valence-electron chi connectivity index (χ0n) is 13.3. The lowest BCUT2D eigenvalue weighted by Gasteiger charge is -2.31. The van der Waals surface area contributed by atoms with Crippen molar-refractivity contribution in [2.75, 3.05) is 20.1 Å². The number of carbonyl (C=O) groups excluding carboxylic acids is 1. The third kappa shape index (κ3) is 3.12. The highest BCUT2D eigenvalue weighted by atomic mass is 16.5. The number of hydrogen-bond acceptors (Lipinski definition) is 4. The van der Waals surface area contributed by atoms with Crippen LogP contribution in [0.3, 0.4) is 0 Å². The van der Waals surface area contributed by atoms with Crippen molar-refractivity contribution >= 4 is 5.91 Å². The normalized spacial score (nSPS) is 27.0. The van der Waals surface area contributed by atoms with E-state index in [-0.39, 0.29) is 17.4 Å². The lowest BCUT2D eigenvalue weighted by Crippen LogP contribution is -2.44. The van der Waals surface area contributed by atoms with Gasteiger partial charge in [-0.15, -0.1) is 0 Å². The van der Waals surface area contributed by atoms with Gasteiger partial charge in [0.2, 0.25) is 0 Å². The van der Waals surface area contributed by atoms with Crippen molar-refractivity contribution < 1.29 is 9.32 Å². The van der Waals surface area contributed by atoms with Crippen LogP contribution in [0.25, 0.3) is 0 Å². The Hall–Kier alpha value is -1.36. The predicted octanol–water partition coefficient (Wildman–Crippen LogP) is 2.26. The Kier molecular flexibility index (Phi) is 3.56. The second kappa shape index (κ2) is 5.13. The smallest absolute Gasteiger partial charge is 0.273 e. The van der Waals surface area contributed by atoms with Crippen LogP contribution in [0, 0.1) is 11.3 Å². The molecule has 1 N–H and O–H groups in total. The second-order valence-corrected chi connectivity index (χ2v) is 7.66. The van der Waals surface area contributed by atoms with Crippen LogP contribution < -0.4 is 5.32 Å². The number of rotatable bonds is 3. The first kappa shape index (κ1) is 14.6. The van der Waals surface area contributed by atoms with E-state index < -0.39 is 0 Å². The Bertz CT molecular complexity index is 528. The lowest BCUT2D eigenvalue weighted by atomic mass is 9.78. The van der Waals surface area contributed by atoms with Crippen molar-refractivity contribution in [3.63, 3.8) is 0 Å². The Morgan fingerprint density at radius 1 is 1.38 bits per heavy atom. The summed E-state index contributed by atoms with van der Waals surface area (Å²) in [4.78, 5) is 14.7. The fraction of sp³-hybridized carbons (Fsp3) is 0.750. The lowest BCUT2D eigenvalue weighted by molar-refractivity contribution is 0.0903. The van der Waals surface area contributed by atoms with Crippen LogP contribution in [0.15, 0.2) is 10.6 Å². The molecule has 0 radical (unpaired) electrons. The van der Waals surface area contributed by atoms with E-state index in [1.807, 2.05) is 0 Å². The molecule has 1 aliphatic carbocycles. The molecule has 2 heterocycles. The number of amides is 1. The van der Waals surface area contributed by atoms with Gasteiger partial charge in [-0.25, -0.2) is 0 Å². The molecule has 5 nitrogen and oxygen atoms in total. The van der Waals surface area contributed by atoms with Crippen molar-refractivity contribution in [1.82, 2.24) is 15.4 Å². The van der Waals surface area contributed by atoms with Crippen LogP contribution >= 0.6 is 0 Å². The largest absolute Gasteiger partial charge is 0.360 e. The average molecular weight is 291 g/mol. The molecule has 2 fully saturated rings. The minimum Gasteiger partial charge on any atom is -0.360 e. The maximum Gasteiger partial charge on any atom is 0.273 e. The van der Waals surface area contributed by atoms with Gasteiger partial charge in [-0.1, -0.05) is 25.9 Å². The summed E-state index contributed by atoms with van der Waals surface area (Å²) < 4.78 is 5.27. The highest BCUT2D eigenvalue weighted by Crippen LogP contribution is 2.40. The van der Waals surface area contributed by atoms with Crippen molar-refractivity contribution in [2.45, 2.75) is 45.6 Å². The number of nitrogens with one attached hydrogen (secondary N) is 1. The molecule has 0 spiro atoms. The first-order chi connectivity index (χ1) is 9.84. The third-order valence-electron chi connectivity index (χ3n) is 4.67. The number of hydrogen-bond donors (Lipinski definition) is 1. The first-order valence-corrected chi connectivity index (χ1v) is 7.80. The molecule has 1 saturated carbocycles.